The number of hydrogen-bond acceptors (Lipinski definition) is 4. The summed E-state index contributed by atoms with van der Waals surface area (Å²) in [5.41, 5.74) is -0.696. The highest BCUT2D eigenvalue weighted by atomic mass is 16.6. The number of nitro benzene ring substituents is 1. The summed E-state index contributed by atoms with van der Waals surface area (Å²) in [6.45, 7) is 0. The fraction of sp³-hybridized carbons (Fsp3) is 0.273. The molecule has 0 unspecified atom stereocenters. The molecule has 0 spiro atoms. The third-order valence-electron chi connectivity index (χ3n) is 2.60. The first-order valence-electron chi connectivity index (χ1n) is 5.56. The molecule has 2 amide bonds. The Bertz CT molecular complexity index is 553. The maximum absolute atomic E-state index is 11.5. The smallest absolute Gasteiger partial charge is 0.335 e. The molecule has 0 bridgehead atoms. The summed E-state index contributed by atoms with van der Waals surface area (Å²) >= 11 is 0. The average Bonchev–Trinajstić information content (AvgIpc) is 3.12. The molecule has 1 saturated carbocycles. The number of benzene rings is 1. The summed E-state index contributed by atoms with van der Waals surface area (Å²) in [5.74, 6) is -1.27. The van der Waals surface area contributed by atoms with Crippen molar-refractivity contribution in [3.8, 4) is 0 Å². The summed E-state index contributed by atoms with van der Waals surface area (Å²) in [6.07, 6.45) is 1.79. The van der Waals surface area contributed by atoms with E-state index in [-0.39, 0.29) is 17.3 Å². The molecule has 0 atom stereocenters. The van der Waals surface area contributed by atoms with Gasteiger partial charge < -0.3 is 15.7 Å². The number of carbonyl (C=O) groups excluding carboxylic acids is 1. The van der Waals surface area contributed by atoms with Gasteiger partial charge in [-0.2, -0.15) is 0 Å². The van der Waals surface area contributed by atoms with Crippen molar-refractivity contribution in [2.24, 2.45) is 0 Å². The van der Waals surface area contributed by atoms with Crippen LogP contribution in [-0.2, 0) is 0 Å². The zero-order valence-electron chi connectivity index (χ0n) is 9.75. The molecule has 0 heterocycles. The lowest BCUT2D eigenvalue weighted by atomic mass is 10.1. The van der Waals surface area contributed by atoms with E-state index in [0.29, 0.717) is 0 Å². The first kappa shape index (κ1) is 12.8. The standard InChI is InChI=1S/C11H11N3O5/c15-10(16)6-1-4-8(9(5-6)14(18)19)13-11(17)12-7-2-3-7/h1,4-5,7H,2-3H2,(H,15,16)(H2,12,13,17). The lowest BCUT2D eigenvalue weighted by Gasteiger charge is -2.07. The van der Waals surface area contributed by atoms with Crippen molar-refractivity contribution >= 4 is 23.4 Å². The van der Waals surface area contributed by atoms with Gasteiger partial charge in [-0.25, -0.2) is 9.59 Å². The van der Waals surface area contributed by atoms with E-state index in [9.17, 15) is 19.7 Å². The molecule has 0 aliphatic heterocycles. The van der Waals surface area contributed by atoms with Gasteiger partial charge in [-0.15, -0.1) is 0 Å². The molecular formula is C11H11N3O5. The number of urea groups is 1. The normalized spacial score (nSPS) is 13.7. The minimum atomic E-state index is -1.27. The SMILES string of the molecule is O=C(Nc1ccc(C(=O)O)cc1[N+](=O)[O-])NC1CC1. The van der Waals surface area contributed by atoms with Crippen molar-refractivity contribution in [1.29, 1.82) is 0 Å². The molecule has 8 heteroatoms. The highest BCUT2D eigenvalue weighted by Gasteiger charge is 2.25. The molecule has 1 aromatic carbocycles. The van der Waals surface area contributed by atoms with E-state index in [4.69, 9.17) is 5.11 Å². The van der Waals surface area contributed by atoms with E-state index in [1.54, 1.807) is 0 Å². The maximum atomic E-state index is 11.5. The van der Waals surface area contributed by atoms with Crippen molar-refractivity contribution < 1.29 is 19.6 Å². The summed E-state index contributed by atoms with van der Waals surface area (Å²) in [6, 6.07) is 2.90. The molecule has 0 saturated heterocycles. The molecule has 1 fully saturated rings. The number of amides is 2. The van der Waals surface area contributed by atoms with E-state index in [1.165, 1.54) is 12.1 Å². The maximum Gasteiger partial charge on any atom is 0.335 e. The fourth-order valence-electron chi connectivity index (χ4n) is 1.49. The van der Waals surface area contributed by atoms with Crippen LogP contribution in [0.15, 0.2) is 18.2 Å². The van der Waals surface area contributed by atoms with Gasteiger partial charge in [-0.3, -0.25) is 10.1 Å². The van der Waals surface area contributed by atoms with Crippen LogP contribution in [0.25, 0.3) is 0 Å². The quantitative estimate of drug-likeness (QED) is 0.563. The van der Waals surface area contributed by atoms with Crippen LogP contribution < -0.4 is 10.6 Å². The van der Waals surface area contributed by atoms with Crippen LogP contribution in [0, 0.1) is 10.1 Å². The van der Waals surface area contributed by atoms with E-state index in [1.807, 2.05) is 0 Å². The first-order valence-corrected chi connectivity index (χ1v) is 5.56. The minimum Gasteiger partial charge on any atom is -0.478 e. The average molecular weight is 265 g/mol. The van der Waals surface area contributed by atoms with E-state index >= 15 is 0 Å². The Morgan fingerprint density at radius 1 is 1.37 bits per heavy atom. The Kier molecular flexibility index (Phi) is 3.32. The summed E-state index contributed by atoms with van der Waals surface area (Å²) in [5, 5.41) is 24.6. The van der Waals surface area contributed by atoms with Crippen LogP contribution >= 0.6 is 0 Å². The lowest BCUT2D eigenvalue weighted by molar-refractivity contribution is -0.383. The second-order valence-electron chi connectivity index (χ2n) is 4.17. The van der Waals surface area contributed by atoms with Crippen molar-refractivity contribution in [2.45, 2.75) is 18.9 Å². The van der Waals surface area contributed by atoms with E-state index in [0.717, 1.165) is 18.9 Å². The molecule has 1 aromatic rings. The molecule has 1 aliphatic rings. The van der Waals surface area contributed by atoms with Crippen LogP contribution in [0.3, 0.4) is 0 Å². The number of carboxylic acid groups (broad SMARTS) is 1. The Hall–Kier alpha value is -2.64. The Morgan fingerprint density at radius 3 is 2.58 bits per heavy atom. The summed E-state index contributed by atoms with van der Waals surface area (Å²) in [7, 11) is 0. The van der Waals surface area contributed by atoms with Gasteiger partial charge >= 0.3 is 12.0 Å². The van der Waals surface area contributed by atoms with Gasteiger partial charge in [0.2, 0.25) is 0 Å². The monoisotopic (exact) mass is 265 g/mol. The van der Waals surface area contributed by atoms with E-state index in [2.05, 4.69) is 10.6 Å². The minimum absolute atomic E-state index is 0.0341. The van der Waals surface area contributed by atoms with Crippen molar-refractivity contribution in [1.82, 2.24) is 5.32 Å². The van der Waals surface area contributed by atoms with Gasteiger partial charge in [0.05, 0.1) is 10.5 Å². The highest BCUT2D eigenvalue weighted by Crippen LogP contribution is 2.26. The first-order chi connectivity index (χ1) is 8.97. The highest BCUT2D eigenvalue weighted by molar-refractivity contribution is 5.94. The Morgan fingerprint density at radius 2 is 2.05 bits per heavy atom. The summed E-state index contributed by atoms with van der Waals surface area (Å²) < 4.78 is 0. The molecule has 8 nitrogen and oxygen atoms in total. The molecule has 0 radical (unpaired) electrons. The number of carbonyl (C=O) groups is 2. The second-order valence-corrected chi connectivity index (χ2v) is 4.17. The van der Waals surface area contributed by atoms with Gasteiger partial charge in [0.25, 0.3) is 5.69 Å². The van der Waals surface area contributed by atoms with Gasteiger partial charge in [0.15, 0.2) is 0 Å². The molecule has 3 N–H and O–H groups in total. The van der Waals surface area contributed by atoms with Crippen molar-refractivity contribution in [2.75, 3.05) is 5.32 Å². The van der Waals surface area contributed by atoms with Crippen LogP contribution in [0.1, 0.15) is 23.2 Å². The number of nitro groups is 1. The van der Waals surface area contributed by atoms with Crippen LogP contribution in [-0.4, -0.2) is 28.1 Å². The molecule has 19 heavy (non-hydrogen) atoms. The number of aromatic carboxylic acids is 1. The third kappa shape index (κ3) is 3.18. The molecule has 1 aliphatic carbocycles. The van der Waals surface area contributed by atoms with Gasteiger partial charge in [-0.1, -0.05) is 0 Å². The Balaban J connectivity index is 2.20. The second kappa shape index (κ2) is 4.92. The number of rotatable bonds is 4. The van der Waals surface area contributed by atoms with Gasteiger partial charge in [-0.05, 0) is 25.0 Å². The van der Waals surface area contributed by atoms with Crippen molar-refractivity contribution in [3.05, 3.63) is 33.9 Å². The number of hydrogen-bond donors (Lipinski definition) is 3. The zero-order chi connectivity index (χ0) is 14.0. The van der Waals surface area contributed by atoms with Gasteiger partial charge in [0.1, 0.15) is 5.69 Å². The van der Waals surface area contributed by atoms with Crippen LogP contribution in [0.5, 0.6) is 0 Å². The number of nitrogens with one attached hydrogen (secondary N) is 2. The Labute approximate surface area is 107 Å². The number of nitrogens with zero attached hydrogens (tertiary/aromatic N) is 1. The number of anilines is 1. The number of carboxylic acids is 1. The fourth-order valence-corrected chi connectivity index (χ4v) is 1.49. The topological polar surface area (TPSA) is 122 Å². The molecule has 0 aromatic heterocycles. The summed E-state index contributed by atoms with van der Waals surface area (Å²) in [4.78, 5) is 32.4. The predicted molar refractivity (Wildman–Crippen MR) is 65.2 cm³/mol. The van der Waals surface area contributed by atoms with Gasteiger partial charge in [0, 0.05) is 12.1 Å². The van der Waals surface area contributed by atoms with Crippen LogP contribution in [0.2, 0.25) is 0 Å². The molecular weight excluding hydrogens is 254 g/mol. The van der Waals surface area contributed by atoms with E-state index < -0.39 is 22.6 Å². The largest absolute Gasteiger partial charge is 0.478 e. The molecule has 100 valence electrons. The predicted octanol–water partition coefficient (Wildman–Crippen LogP) is 1.58. The van der Waals surface area contributed by atoms with Crippen LogP contribution in [0.4, 0.5) is 16.2 Å². The lowest BCUT2D eigenvalue weighted by Crippen LogP contribution is -2.30. The molecule has 2 rings (SSSR count). The zero-order valence-corrected chi connectivity index (χ0v) is 9.75. The third-order valence-corrected chi connectivity index (χ3v) is 2.60. The van der Waals surface area contributed by atoms with Crippen molar-refractivity contribution in [3.63, 3.8) is 0 Å².